The van der Waals surface area contributed by atoms with E-state index in [2.05, 4.69) is 30.9 Å². The fourth-order valence-corrected chi connectivity index (χ4v) is 5.94. The summed E-state index contributed by atoms with van der Waals surface area (Å²) in [5.74, 6) is -0.0756. The quantitative estimate of drug-likeness (QED) is 0.296. The minimum atomic E-state index is -0.0756. The maximum absolute atomic E-state index is 13.6. The van der Waals surface area contributed by atoms with Gasteiger partial charge in [-0.2, -0.15) is 0 Å². The van der Waals surface area contributed by atoms with Crippen molar-refractivity contribution in [3.8, 4) is 0 Å². The number of nitrogens with zero attached hydrogens (tertiary/aromatic N) is 3. The highest BCUT2D eigenvalue weighted by atomic mass is 35.5. The zero-order chi connectivity index (χ0) is 21.4. The summed E-state index contributed by atoms with van der Waals surface area (Å²) in [6, 6.07) is 12.1. The van der Waals surface area contributed by atoms with Crippen molar-refractivity contribution in [3.05, 3.63) is 57.4 Å². The first-order valence-electron chi connectivity index (χ1n) is 9.87. The van der Waals surface area contributed by atoms with Crippen LogP contribution in [0.25, 0.3) is 20.3 Å². The van der Waals surface area contributed by atoms with Crippen LogP contribution in [0.1, 0.15) is 27.2 Å². The highest BCUT2D eigenvalue weighted by Gasteiger charge is 2.26. The third kappa shape index (κ3) is 4.73. The highest BCUT2D eigenvalue weighted by Crippen LogP contribution is 2.38. The molecule has 0 fully saturated rings. The molecule has 0 unspecified atom stereocenters. The summed E-state index contributed by atoms with van der Waals surface area (Å²) in [5.41, 5.74) is 3.34. The number of thiazole rings is 1. The van der Waals surface area contributed by atoms with Gasteiger partial charge in [-0.3, -0.25) is 9.69 Å². The van der Waals surface area contributed by atoms with Crippen LogP contribution in [0.4, 0.5) is 5.13 Å². The first-order chi connectivity index (χ1) is 14.4. The van der Waals surface area contributed by atoms with E-state index in [9.17, 15) is 4.79 Å². The maximum Gasteiger partial charge on any atom is 0.271 e. The lowest BCUT2D eigenvalue weighted by Crippen LogP contribution is -2.33. The first kappa shape index (κ1) is 24.0. The second-order valence-corrected chi connectivity index (χ2v) is 10.1. The number of anilines is 1. The summed E-state index contributed by atoms with van der Waals surface area (Å²) in [6.45, 7) is 5.67. The summed E-state index contributed by atoms with van der Waals surface area (Å²) in [6.07, 6.45) is 0.856. The normalized spacial score (nSPS) is 11.3. The zero-order valence-corrected chi connectivity index (χ0v) is 21.1. The number of amides is 1. The van der Waals surface area contributed by atoms with E-state index >= 15 is 0 Å². The summed E-state index contributed by atoms with van der Waals surface area (Å²) >= 11 is 9.65. The molecule has 8 heteroatoms. The summed E-state index contributed by atoms with van der Waals surface area (Å²) in [7, 11) is 4.08. The second-order valence-electron chi connectivity index (χ2n) is 7.71. The van der Waals surface area contributed by atoms with E-state index in [1.54, 1.807) is 16.2 Å². The van der Waals surface area contributed by atoms with Gasteiger partial charge in [-0.1, -0.05) is 47.2 Å². The Morgan fingerprint density at radius 1 is 1.03 bits per heavy atom. The zero-order valence-electron chi connectivity index (χ0n) is 17.9. The average molecular weight is 495 g/mol. The van der Waals surface area contributed by atoms with Gasteiger partial charge in [-0.05, 0) is 64.2 Å². The predicted octanol–water partition coefficient (Wildman–Crippen LogP) is 6.80. The van der Waals surface area contributed by atoms with E-state index in [1.807, 2.05) is 38.4 Å². The van der Waals surface area contributed by atoms with Crippen molar-refractivity contribution < 1.29 is 4.79 Å². The van der Waals surface area contributed by atoms with Gasteiger partial charge in [0.1, 0.15) is 4.88 Å². The van der Waals surface area contributed by atoms with Gasteiger partial charge < -0.3 is 4.90 Å². The number of benzene rings is 2. The summed E-state index contributed by atoms with van der Waals surface area (Å²) in [5, 5.41) is 2.19. The van der Waals surface area contributed by atoms with Crippen molar-refractivity contribution in [2.75, 3.05) is 32.1 Å². The number of carbonyl (C=O) groups excluding carboxylic acids is 1. The van der Waals surface area contributed by atoms with E-state index in [1.165, 1.54) is 16.9 Å². The molecule has 4 aromatic rings. The van der Waals surface area contributed by atoms with Crippen LogP contribution < -0.4 is 4.90 Å². The standard InChI is InChI=1S/C23H24ClN3OS2.ClH/c1-14-10-11-18-20(15(14)2)25-23(30-18)27(13-7-12-26(3)4)22(28)21-19(24)16-8-5-6-9-17(16)29-21;/h5-6,8-11H,7,12-13H2,1-4H3;1H. The minimum absolute atomic E-state index is 0. The number of fused-ring (bicyclic) bond motifs is 2. The Morgan fingerprint density at radius 3 is 2.48 bits per heavy atom. The molecule has 0 aliphatic rings. The largest absolute Gasteiger partial charge is 0.309 e. The Morgan fingerprint density at radius 2 is 1.77 bits per heavy atom. The Hall–Kier alpha value is -1.70. The number of aryl methyl sites for hydroxylation is 2. The molecule has 164 valence electrons. The molecule has 2 aromatic carbocycles. The van der Waals surface area contributed by atoms with Crippen LogP contribution >= 0.6 is 46.7 Å². The monoisotopic (exact) mass is 493 g/mol. The van der Waals surface area contributed by atoms with Crippen LogP contribution in [0.2, 0.25) is 5.02 Å². The van der Waals surface area contributed by atoms with Crippen LogP contribution in [-0.4, -0.2) is 43.0 Å². The topological polar surface area (TPSA) is 36.4 Å². The SMILES string of the molecule is Cc1ccc2sc(N(CCCN(C)C)C(=O)c3sc4ccccc4c3Cl)nc2c1C.Cl. The van der Waals surface area contributed by atoms with Gasteiger partial charge in [0.15, 0.2) is 5.13 Å². The molecule has 0 saturated heterocycles. The predicted molar refractivity (Wildman–Crippen MR) is 138 cm³/mol. The molecular formula is C23H25Cl2N3OS2. The third-order valence-corrected chi connectivity index (χ3v) is 7.97. The van der Waals surface area contributed by atoms with Gasteiger partial charge in [0, 0.05) is 16.6 Å². The Bertz CT molecular complexity index is 1230. The summed E-state index contributed by atoms with van der Waals surface area (Å²) < 4.78 is 2.12. The van der Waals surface area contributed by atoms with Gasteiger partial charge in [0.25, 0.3) is 5.91 Å². The number of halogens is 2. The third-order valence-electron chi connectivity index (χ3n) is 5.27. The molecule has 4 rings (SSSR count). The second kappa shape index (κ2) is 9.84. The smallest absolute Gasteiger partial charge is 0.271 e. The number of thiophene rings is 1. The Kier molecular flexibility index (Phi) is 7.60. The van der Waals surface area contributed by atoms with Crippen molar-refractivity contribution in [1.82, 2.24) is 9.88 Å². The molecule has 0 bridgehead atoms. The molecule has 31 heavy (non-hydrogen) atoms. The average Bonchev–Trinajstić information content (AvgIpc) is 3.30. The molecule has 2 aromatic heterocycles. The molecule has 0 saturated carbocycles. The molecule has 0 atom stereocenters. The van der Waals surface area contributed by atoms with Crippen molar-refractivity contribution in [3.63, 3.8) is 0 Å². The van der Waals surface area contributed by atoms with Gasteiger partial charge in [-0.25, -0.2) is 4.98 Å². The number of aromatic nitrogens is 1. The van der Waals surface area contributed by atoms with Crippen molar-refractivity contribution in [2.45, 2.75) is 20.3 Å². The molecule has 4 nitrogen and oxygen atoms in total. The number of rotatable bonds is 6. The van der Waals surface area contributed by atoms with Crippen molar-refractivity contribution in [2.24, 2.45) is 0 Å². The van der Waals surface area contributed by atoms with E-state index in [-0.39, 0.29) is 18.3 Å². The number of hydrogen-bond acceptors (Lipinski definition) is 5. The van der Waals surface area contributed by atoms with E-state index in [0.29, 0.717) is 16.4 Å². The fraction of sp³-hybridized carbons (Fsp3) is 0.304. The van der Waals surface area contributed by atoms with E-state index < -0.39 is 0 Å². The van der Waals surface area contributed by atoms with Crippen LogP contribution in [0.5, 0.6) is 0 Å². The highest BCUT2D eigenvalue weighted by molar-refractivity contribution is 7.23. The van der Waals surface area contributed by atoms with Crippen molar-refractivity contribution >= 4 is 78.0 Å². The molecule has 0 spiro atoms. The Balaban J connectivity index is 0.00000272. The van der Waals surface area contributed by atoms with Crippen LogP contribution in [0, 0.1) is 13.8 Å². The molecule has 0 N–H and O–H groups in total. The van der Waals surface area contributed by atoms with Gasteiger partial charge >= 0.3 is 0 Å². The molecule has 1 amide bonds. The lowest BCUT2D eigenvalue weighted by atomic mass is 10.1. The van der Waals surface area contributed by atoms with Gasteiger partial charge in [0.05, 0.1) is 15.2 Å². The summed E-state index contributed by atoms with van der Waals surface area (Å²) in [4.78, 5) is 23.0. The van der Waals surface area contributed by atoms with Crippen molar-refractivity contribution in [1.29, 1.82) is 0 Å². The maximum atomic E-state index is 13.6. The molecule has 0 aliphatic heterocycles. The fourth-order valence-electron chi connectivity index (χ4n) is 3.43. The van der Waals surface area contributed by atoms with E-state index in [4.69, 9.17) is 16.6 Å². The number of hydrogen-bond donors (Lipinski definition) is 0. The molecule has 0 aliphatic carbocycles. The molecular weight excluding hydrogens is 469 g/mol. The van der Waals surface area contributed by atoms with Gasteiger partial charge in [-0.15, -0.1) is 23.7 Å². The van der Waals surface area contributed by atoms with E-state index in [0.717, 1.165) is 44.0 Å². The Labute approximate surface area is 201 Å². The van der Waals surface area contributed by atoms with Crippen LogP contribution in [0.3, 0.4) is 0 Å². The lowest BCUT2D eigenvalue weighted by Gasteiger charge is -2.20. The molecule has 2 heterocycles. The minimum Gasteiger partial charge on any atom is -0.309 e. The number of carbonyl (C=O) groups is 1. The molecule has 0 radical (unpaired) electrons. The lowest BCUT2D eigenvalue weighted by molar-refractivity contribution is 0.0990. The van der Waals surface area contributed by atoms with Crippen LogP contribution in [0.15, 0.2) is 36.4 Å². The van der Waals surface area contributed by atoms with Crippen LogP contribution in [-0.2, 0) is 0 Å². The first-order valence-corrected chi connectivity index (χ1v) is 11.9. The van der Waals surface area contributed by atoms with Gasteiger partial charge in [0.2, 0.25) is 0 Å².